The number of piperazine rings is 1. The smallest absolute Gasteiger partial charge is 0.221 e. The summed E-state index contributed by atoms with van der Waals surface area (Å²) in [7, 11) is 0. The fourth-order valence-electron chi connectivity index (χ4n) is 3.34. The predicted octanol–water partition coefficient (Wildman–Crippen LogP) is 2.78. The number of carbonyl (C=O) groups excluding carboxylic acids is 1. The van der Waals surface area contributed by atoms with E-state index in [0.717, 1.165) is 43.1 Å². The summed E-state index contributed by atoms with van der Waals surface area (Å²) < 4.78 is 4.04. The molecule has 0 amide bonds. The summed E-state index contributed by atoms with van der Waals surface area (Å²) in [6, 6.07) is 17.6. The molecule has 1 fully saturated rings. The number of para-hydroxylation sites is 1. The van der Waals surface area contributed by atoms with Crippen LogP contribution in [-0.4, -0.2) is 56.7 Å². The molecule has 0 unspecified atom stereocenters. The third-order valence-electron chi connectivity index (χ3n) is 4.99. The fraction of sp³-hybridized carbons (Fsp3) is 0.300. The predicted molar refractivity (Wildman–Crippen MR) is 110 cm³/mol. The highest BCUT2D eigenvalue weighted by molar-refractivity contribution is 7.71. The first-order valence-electron chi connectivity index (χ1n) is 9.28. The number of rotatable bonds is 5. The minimum Gasteiger partial charge on any atom is -0.369 e. The number of benzene rings is 2. The van der Waals surface area contributed by atoms with Crippen LogP contribution in [0.2, 0.25) is 0 Å². The number of carbonyl (C=O) groups is 1. The van der Waals surface area contributed by atoms with E-state index in [1.807, 2.05) is 54.6 Å². The number of ketones is 1. The summed E-state index contributed by atoms with van der Waals surface area (Å²) in [6.45, 7) is 5.87. The lowest BCUT2D eigenvalue weighted by Gasteiger charge is -2.35. The van der Waals surface area contributed by atoms with E-state index in [-0.39, 0.29) is 5.78 Å². The van der Waals surface area contributed by atoms with Crippen molar-refractivity contribution in [2.24, 2.45) is 0 Å². The lowest BCUT2D eigenvalue weighted by Crippen LogP contribution is -2.47. The van der Waals surface area contributed by atoms with Crippen molar-refractivity contribution < 1.29 is 4.79 Å². The van der Waals surface area contributed by atoms with Gasteiger partial charge in [0.1, 0.15) is 0 Å². The number of hydrogen-bond acceptors (Lipinski definition) is 6. The standard InChI is InChI=1S/C20H22N6OS/c1-16(27)17-7-9-18(10-8-17)24-13-11-23(12-14-24)15-25-20(28)26(22-21-25)19-5-3-2-4-6-19/h2-10H,11-15H2,1H3. The quantitative estimate of drug-likeness (QED) is 0.490. The maximum Gasteiger partial charge on any atom is 0.221 e. The Balaban J connectivity index is 1.38. The third-order valence-corrected chi connectivity index (χ3v) is 5.37. The van der Waals surface area contributed by atoms with Crippen LogP contribution in [0.4, 0.5) is 5.69 Å². The highest BCUT2D eigenvalue weighted by Crippen LogP contribution is 2.18. The number of tetrazole rings is 1. The van der Waals surface area contributed by atoms with Gasteiger partial charge in [-0.05, 0) is 66.0 Å². The zero-order valence-electron chi connectivity index (χ0n) is 15.7. The molecule has 1 aliphatic rings. The lowest BCUT2D eigenvalue weighted by atomic mass is 10.1. The molecule has 144 valence electrons. The Morgan fingerprint density at radius 3 is 2.25 bits per heavy atom. The first kappa shape index (κ1) is 18.5. The summed E-state index contributed by atoms with van der Waals surface area (Å²) >= 11 is 5.55. The minimum absolute atomic E-state index is 0.0941. The summed E-state index contributed by atoms with van der Waals surface area (Å²) in [4.78, 5) is 16.1. The second-order valence-corrected chi connectivity index (χ2v) is 7.22. The van der Waals surface area contributed by atoms with Crippen molar-refractivity contribution >= 4 is 23.7 Å². The fourth-order valence-corrected chi connectivity index (χ4v) is 3.57. The first-order valence-corrected chi connectivity index (χ1v) is 9.69. The van der Waals surface area contributed by atoms with Gasteiger partial charge < -0.3 is 4.90 Å². The maximum absolute atomic E-state index is 11.4. The number of Topliss-reactive ketones (excluding diaryl/α,β-unsaturated/α-hetero) is 1. The molecule has 2 aromatic carbocycles. The zero-order chi connectivity index (χ0) is 19.5. The van der Waals surface area contributed by atoms with Crippen LogP contribution >= 0.6 is 12.2 Å². The highest BCUT2D eigenvalue weighted by Gasteiger charge is 2.19. The molecule has 0 radical (unpaired) electrons. The first-order chi connectivity index (χ1) is 13.6. The number of aromatic nitrogens is 4. The van der Waals surface area contributed by atoms with Crippen molar-refractivity contribution in [1.29, 1.82) is 0 Å². The van der Waals surface area contributed by atoms with Crippen molar-refractivity contribution in [2.75, 3.05) is 31.1 Å². The Kier molecular flexibility index (Phi) is 5.31. The van der Waals surface area contributed by atoms with Gasteiger partial charge in [-0.2, -0.15) is 4.68 Å². The average Bonchev–Trinajstić information content (AvgIpc) is 3.09. The Bertz CT molecular complexity index is 1000. The minimum atomic E-state index is 0.0941. The van der Waals surface area contributed by atoms with E-state index in [1.165, 1.54) is 0 Å². The van der Waals surface area contributed by atoms with Crippen molar-refractivity contribution in [3.63, 3.8) is 0 Å². The van der Waals surface area contributed by atoms with Gasteiger partial charge in [-0.1, -0.05) is 18.2 Å². The molecule has 3 aromatic rings. The number of nitrogens with zero attached hydrogens (tertiary/aromatic N) is 6. The van der Waals surface area contributed by atoms with Crippen LogP contribution in [0.15, 0.2) is 54.6 Å². The van der Waals surface area contributed by atoms with Gasteiger partial charge in [-0.3, -0.25) is 9.69 Å². The molecule has 8 heteroatoms. The molecule has 1 aromatic heterocycles. The van der Waals surface area contributed by atoms with Gasteiger partial charge in [0, 0.05) is 37.4 Å². The molecule has 0 spiro atoms. The molecule has 1 aliphatic heterocycles. The normalized spacial score (nSPS) is 15.0. The summed E-state index contributed by atoms with van der Waals surface area (Å²) in [5.74, 6) is 0.0941. The van der Waals surface area contributed by atoms with Crippen molar-refractivity contribution in [2.45, 2.75) is 13.6 Å². The molecule has 1 saturated heterocycles. The Hall–Kier alpha value is -2.84. The Morgan fingerprint density at radius 1 is 0.929 bits per heavy atom. The Labute approximate surface area is 168 Å². The summed E-state index contributed by atoms with van der Waals surface area (Å²) in [5, 5.41) is 8.43. The SMILES string of the molecule is CC(=O)c1ccc(N2CCN(Cn3nnn(-c4ccccc4)c3=S)CC2)cc1. The van der Waals surface area contributed by atoms with Crippen molar-refractivity contribution in [1.82, 2.24) is 24.7 Å². The summed E-state index contributed by atoms with van der Waals surface area (Å²) in [6.07, 6.45) is 0. The van der Waals surface area contributed by atoms with Crippen LogP contribution in [0.3, 0.4) is 0 Å². The van der Waals surface area contributed by atoms with Crippen LogP contribution in [0, 0.1) is 4.77 Å². The van der Waals surface area contributed by atoms with E-state index >= 15 is 0 Å². The van der Waals surface area contributed by atoms with Gasteiger partial charge in [0.2, 0.25) is 4.77 Å². The van der Waals surface area contributed by atoms with E-state index in [0.29, 0.717) is 11.4 Å². The largest absolute Gasteiger partial charge is 0.369 e. The van der Waals surface area contributed by atoms with Crippen LogP contribution in [0.25, 0.3) is 5.69 Å². The van der Waals surface area contributed by atoms with Crippen LogP contribution in [0.5, 0.6) is 0 Å². The molecular weight excluding hydrogens is 372 g/mol. The molecule has 0 aliphatic carbocycles. The van der Waals surface area contributed by atoms with Gasteiger partial charge in [-0.25, -0.2) is 4.68 Å². The second kappa shape index (κ2) is 8.04. The Morgan fingerprint density at radius 2 is 1.61 bits per heavy atom. The zero-order valence-corrected chi connectivity index (χ0v) is 16.5. The monoisotopic (exact) mass is 394 g/mol. The molecular formula is C20H22N6OS. The van der Waals surface area contributed by atoms with Gasteiger partial charge in [0.05, 0.1) is 12.4 Å². The third kappa shape index (κ3) is 3.88. The van der Waals surface area contributed by atoms with Crippen LogP contribution < -0.4 is 4.90 Å². The van der Waals surface area contributed by atoms with Crippen LogP contribution in [0.1, 0.15) is 17.3 Å². The molecule has 0 N–H and O–H groups in total. The molecule has 0 atom stereocenters. The summed E-state index contributed by atoms with van der Waals surface area (Å²) in [5.41, 5.74) is 2.81. The molecule has 0 bridgehead atoms. The van der Waals surface area contributed by atoms with Gasteiger partial charge in [0.15, 0.2) is 5.78 Å². The van der Waals surface area contributed by atoms with Gasteiger partial charge >= 0.3 is 0 Å². The van der Waals surface area contributed by atoms with Crippen LogP contribution in [-0.2, 0) is 6.67 Å². The van der Waals surface area contributed by atoms with E-state index in [9.17, 15) is 4.79 Å². The topological polar surface area (TPSA) is 59.2 Å². The molecule has 2 heterocycles. The van der Waals surface area contributed by atoms with E-state index in [2.05, 4.69) is 20.2 Å². The van der Waals surface area contributed by atoms with Gasteiger partial charge in [0.25, 0.3) is 0 Å². The van der Waals surface area contributed by atoms with E-state index in [1.54, 1.807) is 16.3 Å². The number of hydrogen-bond donors (Lipinski definition) is 0. The average molecular weight is 395 g/mol. The molecule has 28 heavy (non-hydrogen) atoms. The van der Waals surface area contributed by atoms with Gasteiger partial charge in [-0.15, -0.1) is 0 Å². The van der Waals surface area contributed by atoms with Crippen molar-refractivity contribution in [3.05, 3.63) is 64.9 Å². The maximum atomic E-state index is 11.4. The highest BCUT2D eigenvalue weighted by atomic mass is 32.1. The molecule has 0 saturated carbocycles. The lowest BCUT2D eigenvalue weighted by molar-refractivity contribution is 0.101. The molecule has 4 rings (SSSR count). The second-order valence-electron chi connectivity index (χ2n) is 6.86. The van der Waals surface area contributed by atoms with Crippen molar-refractivity contribution in [3.8, 4) is 5.69 Å². The number of anilines is 1. The van der Waals surface area contributed by atoms with E-state index < -0.39 is 0 Å². The van der Waals surface area contributed by atoms with E-state index in [4.69, 9.17) is 12.2 Å². The molecule has 7 nitrogen and oxygen atoms in total.